The topological polar surface area (TPSA) is 47.6 Å². The molecule has 3 rings (SSSR count). The van der Waals surface area contributed by atoms with Crippen molar-refractivity contribution in [1.29, 1.82) is 0 Å². The third-order valence-corrected chi connectivity index (χ3v) is 3.74. The Morgan fingerprint density at radius 1 is 0.840 bits per heavy atom. The Kier molecular flexibility index (Phi) is 5.00. The van der Waals surface area contributed by atoms with Gasteiger partial charge in [0.1, 0.15) is 11.5 Å². The highest BCUT2D eigenvalue weighted by atomic mass is 16.5. The second kappa shape index (κ2) is 7.53. The molecule has 0 saturated heterocycles. The third-order valence-electron chi connectivity index (χ3n) is 3.74. The fourth-order valence-corrected chi connectivity index (χ4v) is 2.33. The summed E-state index contributed by atoms with van der Waals surface area (Å²) in [6.07, 6.45) is 0. The highest BCUT2D eigenvalue weighted by Crippen LogP contribution is 2.29. The van der Waals surface area contributed by atoms with Gasteiger partial charge < -0.3 is 14.8 Å². The molecule has 0 saturated carbocycles. The van der Waals surface area contributed by atoms with Gasteiger partial charge in [-0.3, -0.25) is 4.79 Å². The number of aryl methyl sites for hydroxylation is 1. The van der Waals surface area contributed by atoms with Gasteiger partial charge in [-0.2, -0.15) is 0 Å². The fraction of sp³-hybridized carbons (Fsp3) is 0.0952. The van der Waals surface area contributed by atoms with Gasteiger partial charge in [0.2, 0.25) is 0 Å². The zero-order chi connectivity index (χ0) is 17.6. The molecule has 0 fully saturated rings. The van der Waals surface area contributed by atoms with Crippen LogP contribution < -0.4 is 14.8 Å². The van der Waals surface area contributed by atoms with E-state index in [-0.39, 0.29) is 5.91 Å². The summed E-state index contributed by atoms with van der Waals surface area (Å²) in [6.45, 7) is 2.02. The molecule has 3 aromatic rings. The molecule has 1 amide bonds. The van der Waals surface area contributed by atoms with E-state index in [4.69, 9.17) is 9.47 Å². The second-order valence-corrected chi connectivity index (χ2v) is 5.59. The number of methoxy groups -OCH3 is 1. The summed E-state index contributed by atoms with van der Waals surface area (Å²) in [4.78, 5) is 12.5. The number of amides is 1. The molecule has 126 valence electrons. The van der Waals surface area contributed by atoms with Crippen LogP contribution >= 0.6 is 0 Å². The lowest BCUT2D eigenvalue weighted by Crippen LogP contribution is -2.12. The minimum atomic E-state index is -0.206. The number of hydrogen-bond acceptors (Lipinski definition) is 3. The first-order valence-electron chi connectivity index (χ1n) is 7.94. The number of rotatable bonds is 5. The Labute approximate surface area is 147 Å². The van der Waals surface area contributed by atoms with E-state index in [9.17, 15) is 4.79 Å². The van der Waals surface area contributed by atoms with Crippen LogP contribution in [0.5, 0.6) is 17.2 Å². The SMILES string of the molecule is COc1ccc(C(=O)Nc2ccccc2Oc2ccc(C)cc2)cc1. The molecular weight excluding hydrogens is 314 g/mol. The lowest BCUT2D eigenvalue weighted by Gasteiger charge is -2.12. The lowest BCUT2D eigenvalue weighted by atomic mass is 10.2. The zero-order valence-electron chi connectivity index (χ0n) is 14.2. The average Bonchev–Trinajstić information content (AvgIpc) is 2.65. The van der Waals surface area contributed by atoms with Crippen molar-refractivity contribution < 1.29 is 14.3 Å². The molecule has 0 aromatic heterocycles. The first-order chi connectivity index (χ1) is 12.2. The summed E-state index contributed by atoms with van der Waals surface area (Å²) >= 11 is 0. The molecule has 4 heteroatoms. The van der Waals surface area contributed by atoms with Gasteiger partial charge in [-0.1, -0.05) is 29.8 Å². The van der Waals surface area contributed by atoms with E-state index in [0.717, 1.165) is 11.3 Å². The third kappa shape index (κ3) is 4.18. The van der Waals surface area contributed by atoms with E-state index >= 15 is 0 Å². The molecule has 0 spiro atoms. The molecule has 1 N–H and O–H groups in total. The van der Waals surface area contributed by atoms with E-state index in [1.54, 1.807) is 31.4 Å². The van der Waals surface area contributed by atoms with Gasteiger partial charge in [-0.15, -0.1) is 0 Å². The zero-order valence-corrected chi connectivity index (χ0v) is 14.2. The molecule has 0 heterocycles. The van der Waals surface area contributed by atoms with Crippen molar-refractivity contribution in [2.45, 2.75) is 6.92 Å². The van der Waals surface area contributed by atoms with Crippen LogP contribution in [0.1, 0.15) is 15.9 Å². The fourth-order valence-electron chi connectivity index (χ4n) is 2.33. The van der Waals surface area contributed by atoms with Crippen LogP contribution in [0.25, 0.3) is 0 Å². The number of anilines is 1. The summed E-state index contributed by atoms with van der Waals surface area (Å²) in [6, 6.07) is 22.1. The second-order valence-electron chi connectivity index (χ2n) is 5.59. The lowest BCUT2D eigenvalue weighted by molar-refractivity contribution is 0.102. The van der Waals surface area contributed by atoms with Crippen molar-refractivity contribution in [3.63, 3.8) is 0 Å². The summed E-state index contributed by atoms with van der Waals surface area (Å²) in [7, 11) is 1.59. The standard InChI is InChI=1S/C21H19NO3/c1-15-7-11-18(12-8-15)25-20-6-4-3-5-19(20)22-21(23)16-9-13-17(24-2)14-10-16/h3-14H,1-2H3,(H,22,23). The van der Waals surface area contributed by atoms with Gasteiger partial charge >= 0.3 is 0 Å². The minimum Gasteiger partial charge on any atom is -0.497 e. The Hall–Kier alpha value is -3.27. The number of para-hydroxylation sites is 2. The Balaban J connectivity index is 1.77. The molecule has 0 radical (unpaired) electrons. The van der Waals surface area contributed by atoms with Gasteiger partial charge in [0, 0.05) is 5.56 Å². The highest BCUT2D eigenvalue weighted by molar-refractivity contribution is 6.05. The smallest absolute Gasteiger partial charge is 0.255 e. The van der Waals surface area contributed by atoms with E-state index in [1.165, 1.54) is 0 Å². The van der Waals surface area contributed by atoms with Crippen LogP contribution in [0.15, 0.2) is 72.8 Å². The first kappa shape index (κ1) is 16.6. The Morgan fingerprint density at radius 3 is 2.16 bits per heavy atom. The number of benzene rings is 3. The summed E-state index contributed by atoms with van der Waals surface area (Å²) in [5, 5.41) is 2.89. The van der Waals surface area contributed by atoms with Gasteiger partial charge in [0.05, 0.1) is 12.8 Å². The largest absolute Gasteiger partial charge is 0.497 e. The van der Waals surface area contributed by atoms with Crippen LogP contribution in [0.2, 0.25) is 0 Å². The predicted octanol–water partition coefficient (Wildman–Crippen LogP) is 5.05. The van der Waals surface area contributed by atoms with Crippen molar-refractivity contribution >= 4 is 11.6 Å². The minimum absolute atomic E-state index is 0.206. The maximum Gasteiger partial charge on any atom is 0.255 e. The Bertz CT molecular complexity index is 855. The molecule has 0 aliphatic rings. The van der Waals surface area contributed by atoms with Crippen molar-refractivity contribution in [3.05, 3.63) is 83.9 Å². The van der Waals surface area contributed by atoms with Gasteiger partial charge in [0.15, 0.2) is 5.75 Å². The molecule has 0 atom stereocenters. The van der Waals surface area contributed by atoms with Gasteiger partial charge in [-0.25, -0.2) is 0 Å². The van der Waals surface area contributed by atoms with E-state index < -0.39 is 0 Å². The van der Waals surface area contributed by atoms with Crippen LogP contribution in [-0.2, 0) is 0 Å². The maximum atomic E-state index is 12.5. The van der Waals surface area contributed by atoms with Crippen molar-refractivity contribution in [3.8, 4) is 17.2 Å². The van der Waals surface area contributed by atoms with Crippen LogP contribution in [0.3, 0.4) is 0 Å². The summed E-state index contributed by atoms with van der Waals surface area (Å²) in [5.74, 6) is 1.81. The van der Waals surface area contributed by atoms with E-state index in [2.05, 4.69) is 5.32 Å². The van der Waals surface area contributed by atoms with Crippen molar-refractivity contribution in [1.82, 2.24) is 0 Å². The van der Waals surface area contributed by atoms with Crippen molar-refractivity contribution in [2.24, 2.45) is 0 Å². The van der Waals surface area contributed by atoms with Crippen molar-refractivity contribution in [2.75, 3.05) is 12.4 Å². The summed E-state index contributed by atoms with van der Waals surface area (Å²) < 4.78 is 11.0. The predicted molar refractivity (Wildman–Crippen MR) is 98.6 cm³/mol. The van der Waals surface area contributed by atoms with Crippen LogP contribution in [0.4, 0.5) is 5.69 Å². The van der Waals surface area contributed by atoms with Crippen LogP contribution in [-0.4, -0.2) is 13.0 Å². The molecular formula is C21H19NO3. The molecule has 0 unspecified atom stereocenters. The Morgan fingerprint density at radius 2 is 1.48 bits per heavy atom. The number of ether oxygens (including phenoxy) is 2. The number of nitrogens with one attached hydrogen (secondary N) is 1. The van der Waals surface area contributed by atoms with E-state index in [1.807, 2.05) is 55.5 Å². The summed E-state index contributed by atoms with van der Waals surface area (Å²) in [5.41, 5.74) is 2.32. The molecule has 0 aliphatic carbocycles. The quantitative estimate of drug-likeness (QED) is 0.711. The molecule has 0 aliphatic heterocycles. The number of carbonyl (C=O) groups is 1. The monoisotopic (exact) mass is 333 g/mol. The molecule has 25 heavy (non-hydrogen) atoms. The first-order valence-corrected chi connectivity index (χ1v) is 7.94. The molecule has 3 aromatic carbocycles. The molecule has 4 nitrogen and oxygen atoms in total. The number of hydrogen-bond donors (Lipinski definition) is 1. The van der Waals surface area contributed by atoms with Gasteiger partial charge in [0.25, 0.3) is 5.91 Å². The van der Waals surface area contributed by atoms with Crippen LogP contribution in [0, 0.1) is 6.92 Å². The van der Waals surface area contributed by atoms with E-state index in [0.29, 0.717) is 22.7 Å². The normalized spacial score (nSPS) is 10.2. The number of carbonyl (C=O) groups excluding carboxylic acids is 1. The average molecular weight is 333 g/mol. The van der Waals surface area contributed by atoms with Gasteiger partial charge in [-0.05, 0) is 55.5 Å². The molecule has 0 bridgehead atoms. The maximum absolute atomic E-state index is 12.5. The highest BCUT2D eigenvalue weighted by Gasteiger charge is 2.10.